The van der Waals surface area contributed by atoms with Crippen molar-refractivity contribution in [1.82, 2.24) is 15.6 Å². The van der Waals surface area contributed by atoms with Gasteiger partial charge < -0.3 is 20.7 Å². The van der Waals surface area contributed by atoms with Crippen LogP contribution in [0.25, 0.3) is 0 Å². The first-order chi connectivity index (χ1) is 14.0. The highest BCUT2D eigenvalue weighted by Crippen LogP contribution is 2.20. The zero-order valence-electron chi connectivity index (χ0n) is 16.8. The second-order valence-corrected chi connectivity index (χ2v) is 6.13. The number of amides is 1. The normalized spacial score (nSPS) is 10.9. The number of carbonyl (C=O) groups excluding carboxylic acids is 1. The van der Waals surface area contributed by atoms with Crippen molar-refractivity contribution in [3.63, 3.8) is 0 Å². The van der Waals surface area contributed by atoms with Gasteiger partial charge in [0, 0.05) is 31.3 Å². The predicted octanol–water partition coefficient (Wildman–Crippen LogP) is 3.69. The van der Waals surface area contributed by atoms with Gasteiger partial charge in [-0.25, -0.2) is 9.98 Å². The van der Waals surface area contributed by atoms with Crippen LogP contribution >= 0.6 is 24.0 Å². The number of alkyl halides is 2. The number of halogens is 3. The highest BCUT2D eigenvalue weighted by molar-refractivity contribution is 14.0. The van der Waals surface area contributed by atoms with Crippen LogP contribution in [0, 0.1) is 6.92 Å². The van der Waals surface area contributed by atoms with E-state index in [2.05, 4.69) is 30.7 Å². The SMILES string of the molecule is CCNC(=NCc1ccccc1OC(F)F)NCCC(=O)Nc1ccc(C)cn1.I. The average molecular weight is 533 g/mol. The van der Waals surface area contributed by atoms with Crippen LogP contribution in [0.4, 0.5) is 14.6 Å². The van der Waals surface area contributed by atoms with Crippen LogP contribution in [-0.2, 0) is 11.3 Å². The highest BCUT2D eigenvalue weighted by atomic mass is 127. The van der Waals surface area contributed by atoms with Crippen molar-refractivity contribution in [3.8, 4) is 5.75 Å². The van der Waals surface area contributed by atoms with Gasteiger partial charge in [-0.15, -0.1) is 24.0 Å². The lowest BCUT2D eigenvalue weighted by atomic mass is 10.2. The molecule has 1 aromatic heterocycles. The average Bonchev–Trinajstić information content (AvgIpc) is 2.68. The third kappa shape index (κ3) is 9.33. The van der Waals surface area contributed by atoms with Gasteiger partial charge in [-0.05, 0) is 31.5 Å². The van der Waals surface area contributed by atoms with E-state index in [4.69, 9.17) is 0 Å². The molecule has 1 amide bonds. The van der Waals surface area contributed by atoms with E-state index in [1.54, 1.807) is 30.5 Å². The molecular formula is C20H26F2IN5O2. The number of pyridine rings is 1. The summed E-state index contributed by atoms with van der Waals surface area (Å²) in [5, 5.41) is 8.81. The number of aryl methyl sites for hydroxylation is 1. The molecule has 2 aromatic rings. The summed E-state index contributed by atoms with van der Waals surface area (Å²) in [6.45, 7) is 2.04. The van der Waals surface area contributed by atoms with Crippen LogP contribution in [0.2, 0.25) is 0 Å². The summed E-state index contributed by atoms with van der Waals surface area (Å²) < 4.78 is 29.5. The summed E-state index contributed by atoms with van der Waals surface area (Å²) in [5.74, 6) is 0.880. The van der Waals surface area contributed by atoms with E-state index in [9.17, 15) is 13.6 Å². The Labute approximate surface area is 191 Å². The molecule has 30 heavy (non-hydrogen) atoms. The van der Waals surface area contributed by atoms with Gasteiger partial charge in [0.05, 0.1) is 6.54 Å². The first kappa shape index (κ1) is 25.5. The minimum atomic E-state index is -2.90. The summed E-state index contributed by atoms with van der Waals surface area (Å²) in [4.78, 5) is 20.5. The highest BCUT2D eigenvalue weighted by Gasteiger charge is 2.09. The van der Waals surface area contributed by atoms with E-state index >= 15 is 0 Å². The number of benzene rings is 1. The molecule has 0 spiro atoms. The largest absolute Gasteiger partial charge is 0.434 e. The van der Waals surface area contributed by atoms with E-state index in [0.29, 0.717) is 30.4 Å². The number of anilines is 1. The molecule has 0 saturated heterocycles. The zero-order chi connectivity index (χ0) is 21.1. The van der Waals surface area contributed by atoms with E-state index in [0.717, 1.165) is 5.56 Å². The Morgan fingerprint density at radius 3 is 2.63 bits per heavy atom. The molecule has 10 heteroatoms. The molecule has 0 saturated carbocycles. The molecule has 1 heterocycles. The molecule has 0 radical (unpaired) electrons. The Morgan fingerprint density at radius 1 is 1.20 bits per heavy atom. The fraction of sp³-hybridized carbons (Fsp3) is 0.350. The number of nitrogens with zero attached hydrogens (tertiary/aromatic N) is 2. The summed E-state index contributed by atoms with van der Waals surface area (Å²) in [6, 6.07) is 10.1. The number of guanidine groups is 1. The van der Waals surface area contributed by atoms with Gasteiger partial charge in [-0.2, -0.15) is 8.78 Å². The van der Waals surface area contributed by atoms with E-state index < -0.39 is 6.61 Å². The Bertz CT molecular complexity index is 819. The lowest BCUT2D eigenvalue weighted by molar-refractivity contribution is -0.116. The molecule has 0 aliphatic rings. The second kappa shape index (κ2) is 13.7. The third-order valence-corrected chi connectivity index (χ3v) is 3.76. The molecule has 0 aliphatic heterocycles. The van der Waals surface area contributed by atoms with Crippen molar-refractivity contribution < 1.29 is 18.3 Å². The number of rotatable bonds is 9. The summed E-state index contributed by atoms with van der Waals surface area (Å²) in [5.41, 5.74) is 1.55. The number of hydrogen-bond donors (Lipinski definition) is 3. The molecular weight excluding hydrogens is 507 g/mol. The van der Waals surface area contributed by atoms with Crippen LogP contribution in [0.3, 0.4) is 0 Å². The number of aromatic nitrogens is 1. The van der Waals surface area contributed by atoms with Crippen molar-refractivity contribution in [2.24, 2.45) is 4.99 Å². The molecule has 0 atom stereocenters. The van der Waals surface area contributed by atoms with E-state index in [1.807, 2.05) is 19.9 Å². The maximum absolute atomic E-state index is 12.5. The summed E-state index contributed by atoms with van der Waals surface area (Å²) in [6.07, 6.45) is 1.89. The summed E-state index contributed by atoms with van der Waals surface area (Å²) in [7, 11) is 0. The number of aliphatic imine (C=N–C) groups is 1. The molecule has 1 aromatic carbocycles. The maximum Gasteiger partial charge on any atom is 0.387 e. The number of ether oxygens (including phenoxy) is 1. The molecule has 0 fully saturated rings. The Hall–Kier alpha value is -2.50. The van der Waals surface area contributed by atoms with Crippen molar-refractivity contribution in [2.45, 2.75) is 33.4 Å². The Morgan fingerprint density at radius 2 is 1.97 bits per heavy atom. The minimum absolute atomic E-state index is 0. The topological polar surface area (TPSA) is 87.6 Å². The van der Waals surface area contributed by atoms with Gasteiger partial charge in [0.25, 0.3) is 0 Å². The maximum atomic E-state index is 12.5. The van der Waals surface area contributed by atoms with Gasteiger partial charge in [-0.1, -0.05) is 24.3 Å². The number of para-hydroxylation sites is 1. The fourth-order valence-electron chi connectivity index (χ4n) is 2.39. The van der Waals surface area contributed by atoms with Gasteiger partial charge >= 0.3 is 6.61 Å². The van der Waals surface area contributed by atoms with Crippen molar-refractivity contribution in [3.05, 3.63) is 53.7 Å². The number of carbonyl (C=O) groups is 1. The molecule has 0 aliphatic carbocycles. The van der Waals surface area contributed by atoms with Crippen LogP contribution in [0.15, 0.2) is 47.6 Å². The number of hydrogen-bond acceptors (Lipinski definition) is 4. The Balaban J connectivity index is 0.00000450. The van der Waals surface area contributed by atoms with E-state index in [-0.39, 0.29) is 48.6 Å². The smallest absolute Gasteiger partial charge is 0.387 e. The molecule has 7 nitrogen and oxygen atoms in total. The second-order valence-electron chi connectivity index (χ2n) is 6.13. The molecule has 2 rings (SSSR count). The number of nitrogens with one attached hydrogen (secondary N) is 3. The molecule has 3 N–H and O–H groups in total. The first-order valence-electron chi connectivity index (χ1n) is 9.25. The zero-order valence-corrected chi connectivity index (χ0v) is 19.2. The third-order valence-electron chi connectivity index (χ3n) is 3.76. The monoisotopic (exact) mass is 533 g/mol. The van der Waals surface area contributed by atoms with Crippen molar-refractivity contribution in [2.75, 3.05) is 18.4 Å². The van der Waals surface area contributed by atoms with Gasteiger partial charge in [0.2, 0.25) is 5.91 Å². The van der Waals surface area contributed by atoms with Crippen LogP contribution < -0.4 is 20.7 Å². The van der Waals surface area contributed by atoms with Crippen LogP contribution in [0.1, 0.15) is 24.5 Å². The van der Waals surface area contributed by atoms with Gasteiger partial charge in [0.15, 0.2) is 5.96 Å². The lowest BCUT2D eigenvalue weighted by Gasteiger charge is -2.12. The fourth-order valence-corrected chi connectivity index (χ4v) is 2.39. The van der Waals surface area contributed by atoms with Gasteiger partial charge in [-0.3, -0.25) is 4.79 Å². The predicted molar refractivity (Wildman–Crippen MR) is 124 cm³/mol. The molecule has 0 unspecified atom stereocenters. The van der Waals surface area contributed by atoms with E-state index in [1.165, 1.54) is 6.07 Å². The molecule has 0 bridgehead atoms. The first-order valence-corrected chi connectivity index (χ1v) is 9.25. The lowest BCUT2D eigenvalue weighted by Crippen LogP contribution is -2.38. The van der Waals surface area contributed by atoms with Crippen LogP contribution in [-0.4, -0.2) is 36.6 Å². The minimum Gasteiger partial charge on any atom is -0.434 e. The van der Waals surface area contributed by atoms with Crippen molar-refractivity contribution in [1.29, 1.82) is 0 Å². The molecule has 164 valence electrons. The Kier molecular flexibility index (Phi) is 11.6. The van der Waals surface area contributed by atoms with Crippen molar-refractivity contribution >= 4 is 41.7 Å². The quantitative estimate of drug-likeness (QED) is 0.260. The van der Waals surface area contributed by atoms with Gasteiger partial charge in [0.1, 0.15) is 11.6 Å². The summed E-state index contributed by atoms with van der Waals surface area (Å²) >= 11 is 0. The van der Waals surface area contributed by atoms with Crippen LogP contribution in [0.5, 0.6) is 5.75 Å². The standard InChI is InChI=1S/C20H25F2N5O2.HI/c1-3-23-20(26-13-15-6-4-5-7-16(15)29-19(21)22)24-11-10-18(28)27-17-9-8-14(2)12-25-17;/h4-9,12,19H,3,10-11,13H2,1-2H3,(H2,23,24,26)(H,25,27,28);1H.